The second kappa shape index (κ2) is 27.3. The molecule has 0 rings (SSSR count). The van der Waals surface area contributed by atoms with E-state index in [0.717, 1.165) is 19.3 Å². The van der Waals surface area contributed by atoms with Crippen molar-refractivity contribution < 1.29 is 34.2 Å². The van der Waals surface area contributed by atoms with Crippen LogP contribution in [-0.2, 0) is 14.4 Å². The van der Waals surface area contributed by atoms with Crippen molar-refractivity contribution in [3.63, 3.8) is 0 Å². The highest BCUT2D eigenvalue weighted by atomic mass is 16.4. The normalized spacial score (nSPS) is 11.8. The Morgan fingerprint density at radius 1 is 0.525 bits per heavy atom. The Morgan fingerprint density at radius 3 is 1.25 bits per heavy atom. The summed E-state index contributed by atoms with van der Waals surface area (Å²) >= 11 is 0. The molecule has 0 aromatic rings. The van der Waals surface area contributed by atoms with Crippen LogP contribution >= 0.6 is 0 Å². The molecule has 0 atom stereocenters. The summed E-state index contributed by atoms with van der Waals surface area (Å²) in [5, 5.41) is 29.3. The van der Waals surface area contributed by atoms with Crippen LogP contribution in [0.3, 0.4) is 0 Å². The lowest BCUT2D eigenvalue weighted by molar-refractivity contribution is -0.927. The molecular formula is C33H61NO6. The van der Waals surface area contributed by atoms with E-state index in [1.54, 1.807) is 0 Å². The maximum absolute atomic E-state index is 11.1. The van der Waals surface area contributed by atoms with Gasteiger partial charge < -0.3 is 24.6 Å². The van der Waals surface area contributed by atoms with E-state index < -0.39 is 17.9 Å². The minimum Gasteiger partial charge on any atom is -0.550 e. The van der Waals surface area contributed by atoms with Crippen LogP contribution in [-0.4, -0.2) is 58.8 Å². The van der Waals surface area contributed by atoms with Gasteiger partial charge in [0.05, 0.1) is 39.0 Å². The van der Waals surface area contributed by atoms with E-state index in [1.165, 1.54) is 109 Å². The Labute approximate surface area is 245 Å². The minimum absolute atomic E-state index is 0.0955. The molecule has 40 heavy (non-hydrogen) atoms. The third-order valence-electron chi connectivity index (χ3n) is 8.03. The van der Waals surface area contributed by atoms with Gasteiger partial charge in [0.2, 0.25) is 0 Å². The van der Waals surface area contributed by atoms with Crippen LogP contribution in [0.4, 0.5) is 0 Å². The number of rotatable bonds is 31. The third-order valence-corrected chi connectivity index (χ3v) is 8.03. The summed E-state index contributed by atoms with van der Waals surface area (Å²) in [6, 6.07) is 0. The second-order valence-electron chi connectivity index (χ2n) is 11.7. The highest BCUT2D eigenvalue weighted by molar-refractivity contribution is 5.67. The molecule has 0 saturated heterocycles. The smallest absolute Gasteiger partial charge is 0.309 e. The summed E-state index contributed by atoms with van der Waals surface area (Å²) in [5.74, 6) is -3.08. The Kier molecular flexibility index (Phi) is 26.0. The van der Waals surface area contributed by atoms with Crippen molar-refractivity contribution in [3.05, 3.63) is 12.2 Å². The molecule has 0 aromatic heterocycles. The molecule has 0 aliphatic rings. The van der Waals surface area contributed by atoms with E-state index in [2.05, 4.69) is 19.1 Å². The maximum Gasteiger partial charge on any atom is 0.309 e. The van der Waals surface area contributed by atoms with Gasteiger partial charge in [-0.05, 0) is 38.5 Å². The Balaban J connectivity index is 3.85. The lowest BCUT2D eigenvalue weighted by Crippen LogP contribution is -2.53. The van der Waals surface area contributed by atoms with E-state index in [1.807, 2.05) is 0 Å². The first-order valence-corrected chi connectivity index (χ1v) is 16.4. The molecule has 0 radical (unpaired) electrons. The monoisotopic (exact) mass is 567 g/mol. The fourth-order valence-corrected chi connectivity index (χ4v) is 5.42. The third kappa shape index (κ3) is 26.3. The van der Waals surface area contributed by atoms with Gasteiger partial charge in [-0.3, -0.25) is 9.59 Å². The summed E-state index contributed by atoms with van der Waals surface area (Å²) in [7, 11) is 0. The molecule has 0 aromatic carbocycles. The number of aliphatic carboxylic acids is 3. The van der Waals surface area contributed by atoms with Gasteiger partial charge >= 0.3 is 11.9 Å². The largest absolute Gasteiger partial charge is 0.550 e. The second-order valence-corrected chi connectivity index (χ2v) is 11.7. The first-order chi connectivity index (χ1) is 19.3. The van der Waals surface area contributed by atoms with Gasteiger partial charge in [0.1, 0.15) is 0 Å². The van der Waals surface area contributed by atoms with E-state index in [9.17, 15) is 19.5 Å². The Hall–Kier alpha value is -1.89. The highest BCUT2D eigenvalue weighted by Crippen LogP contribution is 2.17. The van der Waals surface area contributed by atoms with Crippen LogP contribution < -0.4 is 5.11 Å². The zero-order valence-electron chi connectivity index (χ0n) is 25.7. The van der Waals surface area contributed by atoms with Crippen molar-refractivity contribution in [2.24, 2.45) is 0 Å². The molecule has 0 spiro atoms. The van der Waals surface area contributed by atoms with E-state index in [0.29, 0.717) is 6.54 Å². The first kappa shape index (κ1) is 38.1. The van der Waals surface area contributed by atoms with Gasteiger partial charge in [0.15, 0.2) is 0 Å². The van der Waals surface area contributed by atoms with Gasteiger partial charge in [0, 0.05) is 12.4 Å². The number of quaternary nitrogens is 1. The van der Waals surface area contributed by atoms with Gasteiger partial charge in [-0.15, -0.1) is 0 Å². The predicted octanol–water partition coefficient (Wildman–Crippen LogP) is 7.27. The van der Waals surface area contributed by atoms with Crippen molar-refractivity contribution in [1.82, 2.24) is 0 Å². The Morgan fingerprint density at radius 2 is 0.875 bits per heavy atom. The number of hydrogen-bond acceptors (Lipinski definition) is 4. The van der Waals surface area contributed by atoms with Crippen molar-refractivity contribution in [2.75, 3.05) is 26.2 Å². The van der Waals surface area contributed by atoms with Gasteiger partial charge in [-0.25, -0.2) is 0 Å². The summed E-state index contributed by atoms with van der Waals surface area (Å²) in [6.45, 7) is 3.61. The molecule has 0 bridgehead atoms. The van der Waals surface area contributed by atoms with Gasteiger partial charge in [-0.2, -0.15) is 0 Å². The number of carboxylic acids is 3. The lowest BCUT2D eigenvalue weighted by atomic mass is 10.0. The zero-order valence-corrected chi connectivity index (χ0v) is 25.7. The molecule has 234 valence electrons. The van der Waals surface area contributed by atoms with Crippen LogP contribution in [0.25, 0.3) is 0 Å². The van der Waals surface area contributed by atoms with Crippen molar-refractivity contribution >= 4 is 17.9 Å². The quantitative estimate of drug-likeness (QED) is 0.0517. The van der Waals surface area contributed by atoms with E-state index >= 15 is 0 Å². The van der Waals surface area contributed by atoms with E-state index in [-0.39, 0.29) is 43.4 Å². The van der Waals surface area contributed by atoms with Gasteiger partial charge in [-0.1, -0.05) is 109 Å². The van der Waals surface area contributed by atoms with Crippen LogP contribution in [0.2, 0.25) is 0 Å². The average molecular weight is 568 g/mol. The first-order valence-electron chi connectivity index (χ1n) is 16.4. The molecule has 0 saturated carbocycles. The highest BCUT2D eigenvalue weighted by Gasteiger charge is 2.28. The molecule has 0 aliphatic heterocycles. The number of carbonyl (C=O) groups excluding carboxylic acids is 1. The number of unbranched alkanes of at least 4 members (excludes halogenated alkanes) is 18. The number of nitrogens with zero attached hydrogens (tertiary/aromatic N) is 1. The van der Waals surface area contributed by atoms with Crippen molar-refractivity contribution in [3.8, 4) is 0 Å². The van der Waals surface area contributed by atoms with E-state index in [4.69, 9.17) is 10.2 Å². The average Bonchev–Trinajstić information content (AvgIpc) is 2.92. The molecule has 0 fully saturated rings. The number of carbonyl (C=O) groups is 3. The van der Waals surface area contributed by atoms with Crippen LogP contribution in [0.5, 0.6) is 0 Å². The van der Waals surface area contributed by atoms with Crippen LogP contribution in [0, 0.1) is 0 Å². The number of allylic oxidation sites excluding steroid dienone is 2. The Bertz CT molecular complexity index is 618. The molecule has 7 nitrogen and oxygen atoms in total. The SMILES string of the molecule is CCCCCCCCCCC/C=C/CCCCCCCCCCC[N+](CCC(=O)[O-])(CCC(=O)O)CCC(=O)O. The molecule has 7 heteroatoms. The minimum atomic E-state index is -1.18. The number of hydrogen-bond donors (Lipinski definition) is 2. The number of carboxylic acid groups (broad SMARTS) is 3. The lowest BCUT2D eigenvalue weighted by Gasteiger charge is -2.38. The molecule has 2 N–H and O–H groups in total. The fraction of sp³-hybridized carbons (Fsp3) is 0.848. The summed E-state index contributed by atoms with van der Waals surface area (Å²) in [5.41, 5.74) is 0. The van der Waals surface area contributed by atoms with Crippen molar-refractivity contribution in [2.45, 2.75) is 155 Å². The molecule has 0 aliphatic carbocycles. The molecule has 0 amide bonds. The zero-order chi connectivity index (χ0) is 29.7. The topological polar surface area (TPSA) is 115 Å². The fourth-order valence-electron chi connectivity index (χ4n) is 5.42. The van der Waals surface area contributed by atoms with Crippen LogP contribution in [0.15, 0.2) is 12.2 Å². The summed E-state index contributed by atoms with van der Waals surface area (Å²) < 4.78 is 0.222. The molecule has 0 unspecified atom stereocenters. The molecule has 0 heterocycles. The predicted molar refractivity (Wildman–Crippen MR) is 161 cm³/mol. The molecular weight excluding hydrogens is 506 g/mol. The standard InChI is InChI=1S/C33H61NO6/c1-2-3-4-5-6-7-8-9-10-11-12-13-14-15-16-17-18-19-20-21-22-23-27-34(28-24-31(35)36,29-25-32(37)38)30-26-33(39)40/h12-13H,2-11,14-30H2,1H3,(H2-,35,36,37,38,39,40)/b13-12+. The van der Waals surface area contributed by atoms with Crippen LogP contribution in [0.1, 0.15) is 155 Å². The summed E-state index contributed by atoms with van der Waals surface area (Å²) in [6.07, 6.45) is 29.7. The van der Waals surface area contributed by atoms with Crippen molar-refractivity contribution in [1.29, 1.82) is 0 Å². The maximum atomic E-state index is 11.1. The van der Waals surface area contributed by atoms with Gasteiger partial charge in [0.25, 0.3) is 0 Å². The summed E-state index contributed by atoms with van der Waals surface area (Å²) in [4.78, 5) is 33.3.